The molecule has 1 atom stereocenters. The lowest BCUT2D eigenvalue weighted by Gasteiger charge is -2.22. The molecule has 1 heterocycles. The van der Waals surface area contributed by atoms with Gasteiger partial charge in [0.1, 0.15) is 0 Å². The first kappa shape index (κ1) is 12.0. The van der Waals surface area contributed by atoms with Crippen LogP contribution in [0.4, 0.5) is 0 Å². The third kappa shape index (κ3) is 3.55. The lowest BCUT2D eigenvalue weighted by Crippen LogP contribution is -2.35. The molecule has 3 nitrogen and oxygen atoms in total. The Labute approximate surface area is 95.9 Å². The second-order valence-electron chi connectivity index (χ2n) is 3.38. The fourth-order valence-corrected chi connectivity index (χ4v) is 1.48. The number of hydrogen-bond donors (Lipinski definition) is 1. The molecule has 0 saturated heterocycles. The Morgan fingerprint density at radius 3 is 2.60 bits per heavy atom. The fraction of sp³-hybridized carbons (Fsp3) is 0.455. The van der Waals surface area contributed by atoms with Crippen LogP contribution in [0.1, 0.15) is 19.4 Å². The van der Waals surface area contributed by atoms with E-state index in [0.29, 0.717) is 13.1 Å². The van der Waals surface area contributed by atoms with E-state index in [1.165, 1.54) is 0 Å². The van der Waals surface area contributed by atoms with E-state index < -0.39 is 0 Å². The van der Waals surface area contributed by atoms with Crippen molar-refractivity contribution in [3.05, 3.63) is 30.1 Å². The number of rotatable bonds is 4. The Morgan fingerprint density at radius 2 is 2.13 bits per heavy atom. The summed E-state index contributed by atoms with van der Waals surface area (Å²) < 4.78 is 0. The van der Waals surface area contributed by atoms with Crippen molar-refractivity contribution in [2.24, 2.45) is 0 Å². The molecule has 4 heteroatoms. The van der Waals surface area contributed by atoms with Gasteiger partial charge in [0.25, 0.3) is 0 Å². The highest BCUT2D eigenvalue weighted by Crippen LogP contribution is 2.07. The van der Waals surface area contributed by atoms with Gasteiger partial charge in [-0.05, 0) is 31.5 Å². The molecule has 1 rings (SSSR count). The molecule has 1 aromatic heterocycles. The molecule has 15 heavy (non-hydrogen) atoms. The summed E-state index contributed by atoms with van der Waals surface area (Å²) >= 11 is 4.15. The highest BCUT2D eigenvalue weighted by Gasteiger charge is 2.15. The van der Waals surface area contributed by atoms with Crippen molar-refractivity contribution < 1.29 is 4.79 Å². The quantitative estimate of drug-likeness (QED) is 0.790. The van der Waals surface area contributed by atoms with E-state index >= 15 is 0 Å². The van der Waals surface area contributed by atoms with Gasteiger partial charge in [0.15, 0.2) is 0 Å². The summed E-state index contributed by atoms with van der Waals surface area (Å²) in [4.78, 5) is 17.4. The fourth-order valence-electron chi connectivity index (χ4n) is 1.32. The highest BCUT2D eigenvalue weighted by molar-refractivity contribution is 7.81. The Kier molecular flexibility index (Phi) is 4.62. The molecule has 0 aliphatic rings. The van der Waals surface area contributed by atoms with Gasteiger partial charge >= 0.3 is 0 Å². The number of pyridine rings is 1. The molecule has 0 aromatic carbocycles. The van der Waals surface area contributed by atoms with E-state index in [9.17, 15) is 4.79 Å². The summed E-state index contributed by atoms with van der Waals surface area (Å²) in [6.07, 6.45) is 3.47. The second kappa shape index (κ2) is 5.75. The molecular formula is C11H16N2OS. The van der Waals surface area contributed by atoms with Crippen molar-refractivity contribution in [3.8, 4) is 0 Å². The van der Waals surface area contributed by atoms with E-state index in [4.69, 9.17) is 0 Å². The molecule has 0 spiro atoms. The van der Waals surface area contributed by atoms with E-state index in [1.807, 2.05) is 19.1 Å². The number of thiol groups is 1. The van der Waals surface area contributed by atoms with E-state index in [2.05, 4.69) is 17.6 Å². The summed E-state index contributed by atoms with van der Waals surface area (Å²) in [5.74, 6) is 0.0673. The Hall–Kier alpha value is -1.03. The van der Waals surface area contributed by atoms with Crippen LogP contribution in [0.5, 0.6) is 0 Å². The van der Waals surface area contributed by atoms with Gasteiger partial charge in [-0.25, -0.2) is 0 Å². The molecule has 1 amide bonds. The largest absolute Gasteiger partial charge is 0.338 e. The summed E-state index contributed by atoms with van der Waals surface area (Å²) in [5.41, 5.74) is 1.09. The first-order valence-electron chi connectivity index (χ1n) is 5.01. The lowest BCUT2D eigenvalue weighted by atomic mass is 10.2. The number of carbonyl (C=O) groups is 1. The maximum absolute atomic E-state index is 11.7. The smallest absolute Gasteiger partial charge is 0.235 e. The molecule has 0 fully saturated rings. The van der Waals surface area contributed by atoms with Gasteiger partial charge in [-0.2, -0.15) is 12.6 Å². The molecule has 0 saturated carbocycles. The number of carbonyl (C=O) groups excluding carboxylic acids is 1. The zero-order valence-corrected chi connectivity index (χ0v) is 9.95. The normalized spacial score (nSPS) is 12.2. The van der Waals surface area contributed by atoms with E-state index in [1.54, 1.807) is 24.2 Å². The van der Waals surface area contributed by atoms with Crippen molar-refractivity contribution in [1.82, 2.24) is 9.88 Å². The Balaban J connectivity index is 2.66. The van der Waals surface area contributed by atoms with Crippen LogP contribution in [0.15, 0.2) is 24.5 Å². The van der Waals surface area contributed by atoms with Gasteiger partial charge in [0.2, 0.25) is 5.91 Å². The monoisotopic (exact) mass is 224 g/mol. The van der Waals surface area contributed by atoms with Gasteiger partial charge in [-0.15, -0.1) is 0 Å². The Morgan fingerprint density at radius 1 is 1.53 bits per heavy atom. The number of nitrogens with zero attached hydrogens (tertiary/aromatic N) is 2. The first-order chi connectivity index (χ1) is 7.15. The predicted octanol–water partition coefficient (Wildman–Crippen LogP) is 1.75. The van der Waals surface area contributed by atoms with Crippen LogP contribution in [-0.2, 0) is 11.3 Å². The standard InChI is InChI=1S/C11H16N2OS/c1-3-13(11(14)9(2)15)8-10-4-6-12-7-5-10/h4-7,9,15H,3,8H2,1-2H3. The zero-order chi connectivity index (χ0) is 11.3. The van der Waals surface area contributed by atoms with Gasteiger partial charge in [0.05, 0.1) is 5.25 Å². The average molecular weight is 224 g/mol. The molecule has 1 aromatic rings. The topological polar surface area (TPSA) is 33.2 Å². The number of amides is 1. The molecule has 82 valence electrons. The van der Waals surface area contributed by atoms with Crippen LogP contribution >= 0.6 is 12.6 Å². The molecule has 1 unspecified atom stereocenters. The van der Waals surface area contributed by atoms with E-state index in [0.717, 1.165) is 5.56 Å². The van der Waals surface area contributed by atoms with Gasteiger partial charge in [-0.1, -0.05) is 0 Å². The van der Waals surface area contributed by atoms with Crippen LogP contribution in [-0.4, -0.2) is 27.6 Å². The average Bonchev–Trinajstić information content (AvgIpc) is 2.26. The molecule has 0 aliphatic carbocycles. The van der Waals surface area contributed by atoms with Gasteiger partial charge < -0.3 is 4.90 Å². The van der Waals surface area contributed by atoms with Crippen molar-refractivity contribution >= 4 is 18.5 Å². The number of aromatic nitrogens is 1. The lowest BCUT2D eigenvalue weighted by molar-refractivity contribution is -0.130. The van der Waals surface area contributed by atoms with E-state index in [-0.39, 0.29) is 11.2 Å². The number of hydrogen-bond acceptors (Lipinski definition) is 3. The molecule has 0 radical (unpaired) electrons. The van der Waals surface area contributed by atoms with Crippen molar-refractivity contribution in [2.75, 3.05) is 6.54 Å². The van der Waals surface area contributed by atoms with Crippen LogP contribution < -0.4 is 0 Å². The van der Waals surface area contributed by atoms with Crippen molar-refractivity contribution in [2.45, 2.75) is 25.6 Å². The van der Waals surface area contributed by atoms with Crippen molar-refractivity contribution in [3.63, 3.8) is 0 Å². The minimum atomic E-state index is -0.244. The molecule has 0 bridgehead atoms. The molecular weight excluding hydrogens is 208 g/mol. The van der Waals surface area contributed by atoms with Crippen molar-refractivity contribution in [1.29, 1.82) is 0 Å². The minimum absolute atomic E-state index is 0.0673. The summed E-state index contributed by atoms with van der Waals surface area (Å²) in [6, 6.07) is 3.83. The third-order valence-corrected chi connectivity index (χ3v) is 2.39. The maximum atomic E-state index is 11.7. The summed E-state index contributed by atoms with van der Waals surface area (Å²) in [5, 5.41) is -0.244. The van der Waals surface area contributed by atoms with Gasteiger partial charge in [-0.3, -0.25) is 9.78 Å². The molecule has 0 aliphatic heterocycles. The Bertz CT molecular complexity index is 314. The predicted molar refractivity (Wildman–Crippen MR) is 63.8 cm³/mol. The summed E-state index contributed by atoms with van der Waals surface area (Å²) in [6.45, 7) is 5.09. The van der Waals surface area contributed by atoms with Crippen LogP contribution in [0.3, 0.4) is 0 Å². The summed E-state index contributed by atoms with van der Waals surface area (Å²) in [7, 11) is 0. The van der Waals surface area contributed by atoms with Crippen LogP contribution in [0, 0.1) is 0 Å². The third-order valence-electron chi connectivity index (χ3n) is 2.17. The first-order valence-corrected chi connectivity index (χ1v) is 5.52. The highest BCUT2D eigenvalue weighted by atomic mass is 32.1. The minimum Gasteiger partial charge on any atom is -0.338 e. The maximum Gasteiger partial charge on any atom is 0.235 e. The van der Waals surface area contributed by atoms with Gasteiger partial charge in [0, 0.05) is 25.5 Å². The zero-order valence-electron chi connectivity index (χ0n) is 9.05. The molecule has 0 N–H and O–H groups in total. The SMILES string of the molecule is CCN(Cc1ccncc1)C(=O)C(C)S. The second-order valence-corrected chi connectivity index (χ2v) is 4.16. The van der Waals surface area contributed by atoms with Crippen LogP contribution in [0.2, 0.25) is 0 Å². The van der Waals surface area contributed by atoms with Crippen LogP contribution in [0.25, 0.3) is 0 Å².